The van der Waals surface area contributed by atoms with Crippen molar-refractivity contribution in [3.05, 3.63) is 0 Å². The summed E-state index contributed by atoms with van der Waals surface area (Å²) in [7, 11) is 0. The number of likely N-dealkylation sites (tertiary alicyclic amines) is 1. The minimum absolute atomic E-state index is 0.0313. The van der Waals surface area contributed by atoms with E-state index in [2.05, 4.69) is 5.32 Å². The molecule has 1 heterocycles. The van der Waals surface area contributed by atoms with Gasteiger partial charge in [-0.05, 0) is 62.2 Å². The average molecular weight is 292 g/mol. The van der Waals surface area contributed by atoms with Crippen molar-refractivity contribution >= 4 is 12.0 Å². The number of carbonyl (C=O) groups excluding carboxylic acids is 1. The van der Waals surface area contributed by atoms with E-state index in [1.54, 1.807) is 4.90 Å². The van der Waals surface area contributed by atoms with Gasteiger partial charge in [0.2, 0.25) is 0 Å². The second kappa shape index (κ2) is 4.89. The summed E-state index contributed by atoms with van der Waals surface area (Å²) < 4.78 is 0. The van der Waals surface area contributed by atoms with Crippen LogP contribution in [0.5, 0.6) is 0 Å². The Morgan fingerprint density at radius 1 is 1.00 bits per heavy atom. The third-order valence-corrected chi connectivity index (χ3v) is 6.34. The number of aliphatic carboxylic acids is 1. The molecule has 5 fully saturated rings. The van der Waals surface area contributed by atoms with Crippen molar-refractivity contribution in [2.45, 2.75) is 44.6 Å². The van der Waals surface area contributed by atoms with Gasteiger partial charge in [0, 0.05) is 19.1 Å². The number of rotatable bonds is 2. The van der Waals surface area contributed by atoms with Crippen LogP contribution in [0.3, 0.4) is 0 Å². The summed E-state index contributed by atoms with van der Waals surface area (Å²) in [5, 5.41) is 12.3. The quantitative estimate of drug-likeness (QED) is 0.817. The van der Waals surface area contributed by atoms with Crippen LogP contribution in [0.25, 0.3) is 0 Å². The van der Waals surface area contributed by atoms with Crippen molar-refractivity contribution in [3.8, 4) is 0 Å². The molecule has 0 aromatic rings. The molecule has 1 atom stereocenters. The molecule has 0 spiro atoms. The molecule has 21 heavy (non-hydrogen) atoms. The molecule has 5 rings (SSSR count). The van der Waals surface area contributed by atoms with Crippen LogP contribution >= 0.6 is 0 Å². The first-order valence-corrected chi connectivity index (χ1v) is 8.38. The van der Waals surface area contributed by atoms with Crippen LogP contribution in [0.2, 0.25) is 0 Å². The summed E-state index contributed by atoms with van der Waals surface area (Å²) in [5.74, 6) is 1.99. The van der Waals surface area contributed by atoms with Gasteiger partial charge in [-0.25, -0.2) is 4.79 Å². The molecule has 4 bridgehead atoms. The van der Waals surface area contributed by atoms with Gasteiger partial charge >= 0.3 is 12.0 Å². The zero-order chi connectivity index (χ0) is 14.6. The number of carbonyl (C=O) groups is 2. The molecule has 0 aromatic heterocycles. The van der Waals surface area contributed by atoms with Gasteiger partial charge in [-0.15, -0.1) is 0 Å². The molecular formula is C16H24N2O3. The summed E-state index contributed by atoms with van der Waals surface area (Å²) in [6.45, 7) is 0.949. The minimum atomic E-state index is -0.778. The van der Waals surface area contributed by atoms with Crippen molar-refractivity contribution < 1.29 is 14.7 Å². The summed E-state index contributed by atoms with van der Waals surface area (Å²) in [5.41, 5.74) is 0. The summed E-state index contributed by atoms with van der Waals surface area (Å²) in [6, 6.07) is 0.311. The fraction of sp³-hybridized carbons (Fsp3) is 0.875. The van der Waals surface area contributed by atoms with E-state index in [4.69, 9.17) is 5.11 Å². The first-order chi connectivity index (χ1) is 10.1. The Bertz CT molecular complexity index is 436. The number of hydrogen-bond acceptors (Lipinski definition) is 2. The molecule has 116 valence electrons. The van der Waals surface area contributed by atoms with Crippen molar-refractivity contribution in [2.75, 3.05) is 13.1 Å². The van der Waals surface area contributed by atoms with E-state index in [1.165, 1.54) is 32.1 Å². The topological polar surface area (TPSA) is 69.6 Å². The number of hydrogen-bond donors (Lipinski definition) is 2. The fourth-order valence-electron chi connectivity index (χ4n) is 5.54. The average Bonchev–Trinajstić information content (AvgIpc) is 2.92. The lowest BCUT2D eigenvalue weighted by Crippen LogP contribution is -2.57. The van der Waals surface area contributed by atoms with Crippen LogP contribution in [0.1, 0.15) is 38.5 Å². The maximum Gasteiger partial charge on any atom is 0.317 e. The number of carboxylic acids is 1. The molecule has 5 heteroatoms. The highest BCUT2D eigenvalue weighted by Gasteiger charge is 2.49. The highest BCUT2D eigenvalue weighted by atomic mass is 16.4. The first-order valence-electron chi connectivity index (χ1n) is 8.38. The van der Waals surface area contributed by atoms with Gasteiger partial charge in [0.1, 0.15) is 0 Å². The van der Waals surface area contributed by atoms with Crippen LogP contribution in [-0.2, 0) is 4.79 Å². The van der Waals surface area contributed by atoms with Crippen molar-refractivity contribution in [3.63, 3.8) is 0 Å². The molecule has 5 aliphatic rings. The number of amides is 2. The van der Waals surface area contributed by atoms with E-state index in [-0.39, 0.29) is 11.9 Å². The highest BCUT2D eigenvalue weighted by molar-refractivity contribution is 5.77. The molecule has 5 nitrogen and oxygen atoms in total. The molecule has 1 saturated heterocycles. The second-order valence-corrected chi connectivity index (χ2v) is 7.68. The highest BCUT2D eigenvalue weighted by Crippen LogP contribution is 2.53. The van der Waals surface area contributed by atoms with Gasteiger partial charge in [0.25, 0.3) is 0 Å². The third kappa shape index (κ3) is 2.30. The maximum atomic E-state index is 12.4. The minimum Gasteiger partial charge on any atom is -0.481 e. The third-order valence-electron chi connectivity index (χ3n) is 6.34. The predicted octanol–water partition coefficient (Wildman–Crippen LogP) is 1.93. The maximum absolute atomic E-state index is 12.4. The Labute approximate surface area is 125 Å². The smallest absolute Gasteiger partial charge is 0.317 e. The number of urea groups is 1. The van der Waals surface area contributed by atoms with Crippen LogP contribution in [0.4, 0.5) is 4.79 Å². The predicted molar refractivity (Wildman–Crippen MR) is 76.7 cm³/mol. The Morgan fingerprint density at radius 3 is 2.14 bits per heavy atom. The number of nitrogens with one attached hydrogen (secondary N) is 1. The zero-order valence-corrected chi connectivity index (χ0v) is 12.3. The SMILES string of the molecule is O=C(O)C1CCN(C(=O)NC2C3CC4CC(C3)CC2C4)C1. The monoisotopic (exact) mass is 292 g/mol. The Kier molecular flexibility index (Phi) is 3.12. The van der Waals surface area contributed by atoms with E-state index in [0.717, 1.165) is 11.8 Å². The molecule has 2 amide bonds. The number of carboxylic acid groups (broad SMARTS) is 1. The summed E-state index contributed by atoms with van der Waals surface area (Å²) >= 11 is 0. The summed E-state index contributed by atoms with van der Waals surface area (Å²) in [6.07, 6.45) is 7.15. The molecule has 4 aliphatic carbocycles. The molecule has 0 radical (unpaired) electrons. The van der Waals surface area contributed by atoms with E-state index >= 15 is 0 Å². The standard InChI is InChI=1S/C16H24N2O3/c19-15(20)11-1-2-18(8-11)16(21)17-14-12-4-9-3-10(6-12)7-13(14)5-9/h9-14H,1-8H2,(H,17,21)(H,19,20). The van der Waals surface area contributed by atoms with E-state index in [0.29, 0.717) is 37.4 Å². The summed E-state index contributed by atoms with van der Waals surface area (Å²) in [4.78, 5) is 25.1. The Balaban J connectivity index is 1.38. The lowest BCUT2D eigenvalue weighted by molar-refractivity contribution is -0.141. The lowest BCUT2D eigenvalue weighted by Gasteiger charge is -2.54. The largest absolute Gasteiger partial charge is 0.481 e. The van der Waals surface area contributed by atoms with E-state index in [1.807, 2.05) is 0 Å². The second-order valence-electron chi connectivity index (χ2n) is 7.68. The van der Waals surface area contributed by atoms with Crippen LogP contribution in [0.15, 0.2) is 0 Å². The molecule has 0 aromatic carbocycles. The Morgan fingerprint density at radius 2 is 1.62 bits per heavy atom. The normalized spacial score (nSPS) is 44.1. The van der Waals surface area contributed by atoms with Gasteiger partial charge in [-0.3, -0.25) is 4.79 Å². The van der Waals surface area contributed by atoms with Gasteiger partial charge in [0.15, 0.2) is 0 Å². The van der Waals surface area contributed by atoms with Crippen LogP contribution < -0.4 is 5.32 Å². The van der Waals surface area contributed by atoms with Gasteiger partial charge < -0.3 is 15.3 Å². The van der Waals surface area contributed by atoms with Crippen LogP contribution in [0, 0.1) is 29.6 Å². The number of nitrogens with zero attached hydrogens (tertiary/aromatic N) is 1. The van der Waals surface area contributed by atoms with E-state index < -0.39 is 5.97 Å². The van der Waals surface area contributed by atoms with Crippen molar-refractivity contribution in [1.29, 1.82) is 0 Å². The molecular weight excluding hydrogens is 268 g/mol. The van der Waals surface area contributed by atoms with Gasteiger partial charge in [0.05, 0.1) is 5.92 Å². The van der Waals surface area contributed by atoms with Gasteiger partial charge in [-0.1, -0.05) is 0 Å². The lowest BCUT2D eigenvalue weighted by atomic mass is 9.54. The van der Waals surface area contributed by atoms with Crippen LogP contribution in [-0.4, -0.2) is 41.1 Å². The fourth-order valence-corrected chi connectivity index (χ4v) is 5.54. The molecule has 1 aliphatic heterocycles. The molecule has 4 saturated carbocycles. The molecule has 1 unspecified atom stereocenters. The first kappa shape index (κ1) is 13.4. The molecule has 2 N–H and O–H groups in total. The van der Waals surface area contributed by atoms with Crippen molar-refractivity contribution in [2.24, 2.45) is 29.6 Å². The zero-order valence-electron chi connectivity index (χ0n) is 12.3. The Hall–Kier alpha value is -1.26. The van der Waals surface area contributed by atoms with Crippen molar-refractivity contribution in [1.82, 2.24) is 10.2 Å². The van der Waals surface area contributed by atoms with Gasteiger partial charge in [-0.2, -0.15) is 0 Å². The van der Waals surface area contributed by atoms with E-state index in [9.17, 15) is 9.59 Å².